The third-order valence-corrected chi connectivity index (χ3v) is 2.84. The zero-order chi connectivity index (χ0) is 13.5. The molecule has 2 N–H and O–H groups in total. The molecule has 1 aromatic rings. The maximum atomic E-state index is 12.0. The molecule has 0 aliphatic carbocycles. The standard InChI is InChI=1S/C14H19NO3/c1-3-4-9-12(14(17)18)15-13(16)11-8-6-5-7-10(11)2/h5-8,12H,3-4,9H2,1-2H3,(H,15,16)(H,17,18). The zero-order valence-electron chi connectivity index (χ0n) is 10.8. The summed E-state index contributed by atoms with van der Waals surface area (Å²) in [5.74, 6) is -1.30. The fourth-order valence-electron chi connectivity index (χ4n) is 1.73. The summed E-state index contributed by atoms with van der Waals surface area (Å²) in [7, 11) is 0. The molecule has 0 saturated heterocycles. The Bertz CT molecular complexity index is 429. The molecule has 0 saturated carbocycles. The first-order valence-corrected chi connectivity index (χ1v) is 6.15. The van der Waals surface area contributed by atoms with Gasteiger partial charge in [0.25, 0.3) is 5.91 Å². The molecule has 0 bridgehead atoms. The number of carbonyl (C=O) groups excluding carboxylic acids is 1. The summed E-state index contributed by atoms with van der Waals surface area (Å²) in [5.41, 5.74) is 1.37. The maximum absolute atomic E-state index is 12.0. The van der Waals surface area contributed by atoms with E-state index < -0.39 is 12.0 Å². The van der Waals surface area contributed by atoms with Crippen LogP contribution in [0.4, 0.5) is 0 Å². The number of nitrogens with one attached hydrogen (secondary N) is 1. The first kappa shape index (κ1) is 14.2. The normalized spacial score (nSPS) is 11.9. The largest absolute Gasteiger partial charge is 0.480 e. The smallest absolute Gasteiger partial charge is 0.326 e. The van der Waals surface area contributed by atoms with Gasteiger partial charge in [0.2, 0.25) is 0 Å². The highest BCUT2D eigenvalue weighted by Gasteiger charge is 2.20. The highest BCUT2D eigenvalue weighted by molar-refractivity contribution is 5.97. The molecule has 1 amide bonds. The van der Waals surface area contributed by atoms with Gasteiger partial charge in [-0.2, -0.15) is 0 Å². The summed E-state index contributed by atoms with van der Waals surface area (Å²) in [5, 5.41) is 11.6. The summed E-state index contributed by atoms with van der Waals surface area (Å²) >= 11 is 0. The van der Waals surface area contributed by atoms with Crippen molar-refractivity contribution < 1.29 is 14.7 Å². The van der Waals surface area contributed by atoms with E-state index in [0.29, 0.717) is 12.0 Å². The van der Waals surface area contributed by atoms with Gasteiger partial charge in [-0.25, -0.2) is 4.79 Å². The summed E-state index contributed by atoms with van der Waals surface area (Å²) in [4.78, 5) is 23.0. The molecule has 0 aliphatic heterocycles. The van der Waals surface area contributed by atoms with E-state index in [2.05, 4.69) is 5.32 Å². The van der Waals surface area contributed by atoms with E-state index in [-0.39, 0.29) is 5.91 Å². The topological polar surface area (TPSA) is 66.4 Å². The van der Waals surface area contributed by atoms with Crippen molar-refractivity contribution in [1.82, 2.24) is 5.32 Å². The second-order valence-electron chi connectivity index (χ2n) is 4.32. The Morgan fingerprint density at radius 1 is 1.33 bits per heavy atom. The minimum absolute atomic E-state index is 0.323. The van der Waals surface area contributed by atoms with E-state index >= 15 is 0 Å². The van der Waals surface area contributed by atoms with Gasteiger partial charge in [-0.1, -0.05) is 38.0 Å². The van der Waals surface area contributed by atoms with Crippen LogP contribution in [0, 0.1) is 6.92 Å². The van der Waals surface area contributed by atoms with E-state index in [4.69, 9.17) is 5.11 Å². The van der Waals surface area contributed by atoms with Gasteiger partial charge in [0, 0.05) is 5.56 Å². The molecule has 1 unspecified atom stereocenters. The van der Waals surface area contributed by atoms with Crippen LogP contribution in [-0.4, -0.2) is 23.0 Å². The van der Waals surface area contributed by atoms with Crippen molar-refractivity contribution >= 4 is 11.9 Å². The molecule has 1 rings (SSSR count). The third kappa shape index (κ3) is 3.87. The van der Waals surface area contributed by atoms with E-state index in [0.717, 1.165) is 18.4 Å². The maximum Gasteiger partial charge on any atom is 0.326 e. The molecule has 0 heterocycles. The molecule has 0 radical (unpaired) electrons. The number of benzene rings is 1. The van der Waals surface area contributed by atoms with Crippen molar-refractivity contribution in [2.24, 2.45) is 0 Å². The van der Waals surface area contributed by atoms with Gasteiger partial charge in [0.05, 0.1) is 0 Å². The zero-order valence-corrected chi connectivity index (χ0v) is 10.8. The molecule has 0 aliphatic rings. The molecule has 18 heavy (non-hydrogen) atoms. The van der Waals surface area contributed by atoms with Crippen LogP contribution in [0.1, 0.15) is 42.1 Å². The van der Waals surface area contributed by atoms with Gasteiger partial charge >= 0.3 is 5.97 Å². The van der Waals surface area contributed by atoms with Crippen LogP contribution in [0.25, 0.3) is 0 Å². The number of hydrogen-bond acceptors (Lipinski definition) is 2. The lowest BCUT2D eigenvalue weighted by Crippen LogP contribution is -2.40. The van der Waals surface area contributed by atoms with Gasteiger partial charge in [-0.15, -0.1) is 0 Å². The molecule has 4 nitrogen and oxygen atoms in total. The summed E-state index contributed by atoms with van der Waals surface area (Å²) < 4.78 is 0. The minimum Gasteiger partial charge on any atom is -0.480 e. The number of rotatable bonds is 6. The van der Waals surface area contributed by atoms with Crippen molar-refractivity contribution in [2.45, 2.75) is 39.2 Å². The Hall–Kier alpha value is -1.84. The molecule has 0 spiro atoms. The van der Waals surface area contributed by atoms with Crippen LogP contribution >= 0.6 is 0 Å². The second kappa shape index (κ2) is 6.79. The van der Waals surface area contributed by atoms with Crippen molar-refractivity contribution in [1.29, 1.82) is 0 Å². The number of amides is 1. The van der Waals surface area contributed by atoms with Crippen molar-refractivity contribution in [3.8, 4) is 0 Å². The average molecular weight is 249 g/mol. The lowest BCUT2D eigenvalue weighted by molar-refractivity contribution is -0.139. The Morgan fingerprint density at radius 3 is 2.56 bits per heavy atom. The van der Waals surface area contributed by atoms with E-state index in [1.807, 2.05) is 26.0 Å². The molecule has 1 atom stereocenters. The molecule has 98 valence electrons. The van der Waals surface area contributed by atoms with Gasteiger partial charge in [0.15, 0.2) is 0 Å². The predicted octanol–water partition coefficient (Wildman–Crippen LogP) is 2.37. The molecule has 1 aromatic carbocycles. The predicted molar refractivity (Wildman–Crippen MR) is 69.6 cm³/mol. The first-order chi connectivity index (χ1) is 8.56. The Labute approximate surface area is 107 Å². The summed E-state index contributed by atoms with van der Waals surface area (Å²) in [6.45, 7) is 3.82. The van der Waals surface area contributed by atoms with Gasteiger partial charge in [0.1, 0.15) is 6.04 Å². The molecule has 0 fully saturated rings. The highest BCUT2D eigenvalue weighted by Crippen LogP contribution is 2.08. The van der Waals surface area contributed by atoms with Crippen LogP contribution in [0.2, 0.25) is 0 Å². The fraction of sp³-hybridized carbons (Fsp3) is 0.429. The summed E-state index contributed by atoms with van der Waals surface area (Å²) in [6, 6.07) is 6.33. The first-order valence-electron chi connectivity index (χ1n) is 6.15. The van der Waals surface area contributed by atoms with Crippen LogP contribution in [0.15, 0.2) is 24.3 Å². The van der Waals surface area contributed by atoms with E-state index in [1.165, 1.54) is 0 Å². The second-order valence-corrected chi connectivity index (χ2v) is 4.32. The van der Waals surface area contributed by atoms with Gasteiger partial charge < -0.3 is 10.4 Å². The van der Waals surface area contributed by atoms with E-state index in [1.54, 1.807) is 12.1 Å². The van der Waals surface area contributed by atoms with Crippen molar-refractivity contribution in [3.63, 3.8) is 0 Å². The van der Waals surface area contributed by atoms with Gasteiger partial charge in [-0.05, 0) is 25.0 Å². The minimum atomic E-state index is -0.981. The number of hydrogen-bond donors (Lipinski definition) is 2. The number of carboxylic acids is 1. The summed E-state index contributed by atoms with van der Waals surface area (Å²) in [6.07, 6.45) is 2.15. The van der Waals surface area contributed by atoms with Crippen LogP contribution in [0.5, 0.6) is 0 Å². The monoisotopic (exact) mass is 249 g/mol. The van der Waals surface area contributed by atoms with Crippen molar-refractivity contribution in [3.05, 3.63) is 35.4 Å². The molecule has 4 heteroatoms. The lowest BCUT2D eigenvalue weighted by atomic mass is 10.1. The quantitative estimate of drug-likeness (QED) is 0.813. The molecule has 0 aromatic heterocycles. The molecular formula is C14H19NO3. The average Bonchev–Trinajstić information content (AvgIpc) is 2.34. The lowest BCUT2D eigenvalue weighted by Gasteiger charge is -2.14. The number of aliphatic carboxylic acids is 1. The van der Waals surface area contributed by atoms with Gasteiger partial charge in [-0.3, -0.25) is 4.79 Å². The van der Waals surface area contributed by atoms with Crippen molar-refractivity contribution in [2.75, 3.05) is 0 Å². The Morgan fingerprint density at radius 2 is 2.00 bits per heavy atom. The fourth-order valence-corrected chi connectivity index (χ4v) is 1.73. The SMILES string of the molecule is CCCCC(NC(=O)c1ccccc1C)C(=O)O. The Balaban J connectivity index is 2.72. The van der Waals surface area contributed by atoms with E-state index in [9.17, 15) is 9.59 Å². The Kier molecular flexibility index (Phi) is 5.36. The third-order valence-electron chi connectivity index (χ3n) is 2.84. The number of aryl methyl sites for hydroxylation is 1. The van der Waals surface area contributed by atoms with Crippen LogP contribution in [-0.2, 0) is 4.79 Å². The number of carbonyl (C=O) groups is 2. The number of unbranched alkanes of at least 4 members (excludes halogenated alkanes) is 1. The highest BCUT2D eigenvalue weighted by atomic mass is 16.4. The number of carboxylic acid groups (broad SMARTS) is 1. The molecular weight excluding hydrogens is 230 g/mol. The van der Waals surface area contributed by atoms with Crippen LogP contribution in [0.3, 0.4) is 0 Å². The van der Waals surface area contributed by atoms with Crippen LogP contribution < -0.4 is 5.32 Å².